The van der Waals surface area contributed by atoms with Gasteiger partial charge in [0.1, 0.15) is 0 Å². The van der Waals surface area contributed by atoms with Gasteiger partial charge in [-0.15, -0.1) is 0 Å². The molecule has 0 aliphatic heterocycles. The van der Waals surface area contributed by atoms with Crippen LogP contribution in [0.3, 0.4) is 0 Å². The number of hydrogen-bond donors (Lipinski definition) is 0. The van der Waals surface area contributed by atoms with E-state index in [9.17, 15) is 0 Å². The van der Waals surface area contributed by atoms with E-state index in [4.69, 9.17) is 0 Å². The average molecular weight is 283 g/mol. The number of nitrogens with zero attached hydrogens (tertiary/aromatic N) is 2. The van der Waals surface area contributed by atoms with Crippen molar-refractivity contribution >= 4 is 8.40 Å². The topological polar surface area (TPSA) is 6.48 Å². The Bertz CT molecular complexity index is 238. The van der Waals surface area contributed by atoms with Gasteiger partial charge in [-0.2, -0.15) is 0 Å². The van der Waals surface area contributed by atoms with Crippen molar-refractivity contribution in [3.8, 4) is 0 Å². The van der Waals surface area contributed by atoms with Crippen LogP contribution in [-0.4, -0.2) is 45.7 Å². The van der Waals surface area contributed by atoms with Crippen LogP contribution in [0.2, 0.25) is 11.1 Å². The summed E-state index contributed by atoms with van der Waals surface area (Å²) in [6, 6.07) is 0. The highest BCUT2D eigenvalue weighted by atomic mass is 28.4. The molecule has 2 saturated carbocycles. The third kappa shape index (κ3) is 2.93. The van der Waals surface area contributed by atoms with Gasteiger partial charge in [-0.25, -0.2) is 0 Å². The molecule has 3 heteroatoms. The second-order valence-electron chi connectivity index (χ2n) is 7.24. The van der Waals surface area contributed by atoms with Gasteiger partial charge in [0.05, 0.1) is 0 Å². The molecule has 0 saturated heterocycles. The lowest BCUT2D eigenvalue weighted by Crippen LogP contribution is -2.67. The first kappa shape index (κ1) is 15.5. The molecule has 0 aromatic rings. The smallest absolute Gasteiger partial charge is 0.212 e. The van der Waals surface area contributed by atoms with E-state index in [2.05, 4.69) is 37.3 Å². The highest BCUT2D eigenvalue weighted by Gasteiger charge is 2.52. The highest BCUT2D eigenvalue weighted by molar-refractivity contribution is 6.77. The van der Waals surface area contributed by atoms with Crippen molar-refractivity contribution in [1.29, 1.82) is 0 Å². The summed E-state index contributed by atoms with van der Waals surface area (Å²) in [5.74, 6) is 0. The molecule has 0 amide bonds. The van der Waals surface area contributed by atoms with Crippen LogP contribution in [-0.2, 0) is 0 Å². The third-order valence-electron chi connectivity index (χ3n) is 5.84. The molecule has 0 bridgehead atoms. The Morgan fingerprint density at radius 2 is 0.895 bits per heavy atom. The van der Waals surface area contributed by atoms with Gasteiger partial charge in [-0.3, -0.25) is 0 Å². The molecule has 0 spiro atoms. The molecule has 0 radical (unpaired) electrons. The summed E-state index contributed by atoms with van der Waals surface area (Å²) >= 11 is 0. The average Bonchev–Trinajstić information content (AvgIpc) is 2.41. The summed E-state index contributed by atoms with van der Waals surface area (Å²) in [5, 5.41) is 0. The summed E-state index contributed by atoms with van der Waals surface area (Å²) in [6.07, 6.45) is 14.9. The maximum absolute atomic E-state index is 2.71. The summed E-state index contributed by atoms with van der Waals surface area (Å²) in [7, 11) is 8.06. The summed E-state index contributed by atoms with van der Waals surface area (Å²) in [5.41, 5.74) is 2.02. The van der Waals surface area contributed by atoms with Crippen molar-refractivity contribution in [1.82, 2.24) is 9.13 Å². The molecule has 2 nitrogen and oxygen atoms in total. The van der Waals surface area contributed by atoms with Crippen LogP contribution >= 0.6 is 0 Å². The number of rotatable bonds is 4. The fraction of sp³-hybridized carbons (Fsp3) is 1.00. The van der Waals surface area contributed by atoms with E-state index in [1.165, 1.54) is 64.2 Å². The van der Waals surface area contributed by atoms with Crippen molar-refractivity contribution in [3.63, 3.8) is 0 Å². The van der Waals surface area contributed by atoms with Crippen LogP contribution in [0.4, 0.5) is 0 Å². The lowest BCUT2D eigenvalue weighted by Gasteiger charge is -2.54. The van der Waals surface area contributed by atoms with E-state index in [1.54, 1.807) is 0 Å². The Morgan fingerprint density at radius 3 is 1.16 bits per heavy atom. The van der Waals surface area contributed by atoms with Crippen molar-refractivity contribution in [3.05, 3.63) is 0 Å². The fourth-order valence-electron chi connectivity index (χ4n) is 5.25. The largest absolute Gasteiger partial charge is 0.317 e. The summed E-state index contributed by atoms with van der Waals surface area (Å²) in [6.45, 7) is 0. The van der Waals surface area contributed by atoms with Crippen LogP contribution in [0.25, 0.3) is 0 Å². The normalized spacial score (nSPS) is 24.3. The van der Waals surface area contributed by atoms with Crippen LogP contribution < -0.4 is 0 Å². The second-order valence-corrected chi connectivity index (χ2v) is 12.2. The zero-order chi connectivity index (χ0) is 13.9. The van der Waals surface area contributed by atoms with Gasteiger partial charge in [-0.1, -0.05) is 64.2 Å². The molecule has 0 aromatic heterocycles. The van der Waals surface area contributed by atoms with Crippen molar-refractivity contribution < 1.29 is 0 Å². The van der Waals surface area contributed by atoms with E-state index < -0.39 is 8.40 Å². The van der Waals surface area contributed by atoms with Gasteiger partial charge in [0.15, 0.2) is 0 Å². The predicted molar refractivity (Wildman–Crippen MR) is 86.8 cm³/mol. The van der Waals surface area contributed by atoms with Crippen LogP contribution in [0.1, 0.15) is 64.2 Å². The first-order valence-electron chi connectivity index (χ1n) is 8.45. The van der Waals surface area contributed by atoms with Gasteiger partial charge in [0.25, 0.3) is 0 Å². The lowest BCUT2D eigenvalue weighted by atomic mass is 9.99. The quantitative estimate of drug-likeness (QED) is 0.712. The molecule has 2 aliphatic carbocycles. The van der Waals surface area contributed by atoms with Crippen molar-refractivity contribution in [2.75, 3.05) is 28.2 Å². The van der Waals surface area contributed by atoms with E-state index in [-0.39, 0.29) is 0 Å². The van der Waals surface area contributed by atoms with Crippen LogP contribution in [0, 0.1) is 0 Å². The molecule has 2 fully saturated rings. The van der Waals surface area contributed by atoms with Gasteiger partial charge < -0.3 is 9.13 Å². The standard InChI is InChI=1S/C16H34N2Si/c1-17(2)19(18(3)4,15-11-7-5-8-12-15)16-13-9-6-10-14-16/h15-16H,5-14H2,1-4H3. The van der Waals surface area contributed by atoms with Gasteiger partial charge in [-0.05, 0) is 39.3 Å². The van der Waals surface area contributed by atoms with E-state index >= 15 is 0 Å². The summed E-state index contributed by atoms with van der Waals surface area (Å²) in [4.78, 5) is 0. The molecule has 0 unspecified atom stereocenters. The highest BCUT2D eigenvalue weighted by Crippen LogP contribution is 2.49. The van der Waals surface area contributed by atoms with Gasteiger partial charge in [0, 0.05) is 0 Å². The van der Waals surface area contributed by atoms with Gasteiger partial charge >= 0.3 is 0 Å². The predicted octanol–water partition coefficient (Wildman–Crippen LogP) is 4.22. The summed E-state index contributed by atoms with van der Waals surface area (Å²) < 4.78 is 5.41. The molecule has 112 valence electrons. The van der Waals surface area contributed by atoms with E-state index in [0.29, 0.717) is 0 Å². The molecule has 2 rings (SSSR count). The third-order valence-corrected chi connectivity index (χ3v) is 12.3. The SMILES string of the molecule is CN(C)[Si](C1CCCCC1)(C1CCCCC1)N(C)C. The minimum atomic E-state index is -1.48. The molecular weight excluding hydrogens is 248 g/mol. The minimum Gasteiger partial charge on any atom is -0.317 e. The minimum absolute atomic E-state index is 1.01. The number of hydrogen-bond acceptors (Lipinski definition) is 2. The molecule has 0 atom stereocenters. The first-order chi connectivity index (χ1) is 9.10. The Kier molecular flexibility index (Phi) is 5.50. The van der Waals surface area contributed by atoms with E-state index in [0.717, 1.165) is 11.1 Å². The van der Waals surface area contributed by atoms with Crippen molar-refractivity contribution in [2.24, 2.45) is 0 Å². The second kappa shape index (κ2) is 6.73. The Balaban J connectivity index is 2.28. The molecule has 2 aliphatic rings. The Morgan fingerprint density at radius 1 is 0.579 bits per heavy atom. The first-order valence-corrected chi connectivity index (χ1v) is 10.5. The molecule has 0 N–H and O–H groups in total. The lowest BCUT2D eigenvalue weighted by molar-refractivity contribution is 0.351. The Hall–Kier alpha value is 0.137. The Labute approximate surface area is 121 Å². The molecule has 0 aromatic carbocycles. The zero-order valence-corrected chi connectivity index (χ0v) is 14.6. The molecule has 19 heavy (non-hydrogen) atoms. The van der Waals surface area contributed by atoms with Gasteiger partial charge in [0.2, 0.25) is 8.40 Å². The van der Waals surface area contributed by atoms with Crippen LogP contribution in [0.5, 0.6) is 0 Å². The molecule has 0 heterocycles. The fourth-order valence-corrected chi connectivity index (χ4v) is 12.2. The van der Waals surface area contributed by atoms with E-state index in [1.807, 2.05) is 0 Å². The maximum atomic E-state index is 2.71. The zero-order valence-electron chi connectivity index (χ0n) is 13.6. The van der Waals surface area contributed by atoms with Crippen LogP contribution in [0.15, 0.2) is 0 Å². The maximum Gasteiger partial charge on any atom is 0.212 e. The van der Waals surface area contributed by atoms with Crippen molar-refractivity contribution in [2.45, 2.75) is 75.3 Å². The molecular formula is C16H34N2Si. The monoisotopic (exact) mass is 282 g/mol.